The highest BCUT2D eigenvalue weighted by atomic mass is 79.9. The highest BCUT2D eigenvalue weighted by molar-refractivity contribution is 9.10. The molecule has 3 nitrogen and oxygen atoms in total. The normalized spacial score (nSPS) is 23.4. The van der Waals surface area contributed by atoms with E-state index < -0.39 is 0 Å². The zero-order valence-corrected chi connectivity index (χ0v) is 12.4. The van der Waals surface area contributed by atoms with Crippen LogP contribution in [0.1, 0.15) is 43.2 Å². The first kappa shape index (κ1) is 12.7. The highest BCUT2D eigenvalue weighted by Gasteiger charge is 2.25. The molecule has 1 heterocycles. The maximum atomic E-state index is 6.03. The van der Waals surface area contributed by atoms with E-state index in [9.17, 15) is 0 Å². The van der Waals surface area contributed by atoms with Crippen molar-refractivity contribution in [3.63, 3.8) is 0 Å². The fourth-order valence-electron chi connectivity index (χ4n) is 3.02. The maximum Gasteiger partial charge on any atom is 0.136 e. The number of benzene rings is 1. The first-order valence-electron chi connectivity index (χ1n) is 6.79. The van der Waals surface area contributed by atoms with Crippen molar-refractivity contribution < 1.29 is 0 Å². The third-order valence-electron chi connectivity index (χ3n) is 4.10. The predicted octanol–water partition coefficient (Wildman–Crippen LogP) is 4.13. The van der Waals surface area contributed by atoms with E-state index in [1.165, 1.54) is 18.4 Å². The Bertz CT molecular complexity index is 542. The van der Waals surface area contributed by atoms with Crippen LogP contribution in [0, 0.1) is 0 Å². The highest BCUT2D eigenvalue weighted by Crippen LogP contribution is 2.39. The van der Waals surface area contributed by atoms with Crippen LogP contribution in [0.5, 0.6) is 0 Å². The lowest BCUT2D eigenvalue weighted by molar-refractivity contribution is 0.307. The molecule has 1 saturated carbocycles. The molecule has 1 fully saturated rings. The zero-order valence-electron chi connectivity index (χ0n) is 10.8. The van der Waals surface area contributed by atoms with Crippen molar-refractivity contribution in [1.29, 1.82) is 0 Å². The number of aromatic nitrogens is 2. The zero-order chi connectivity index (χ0) is 13.2. The van der Waals surface area contributed by atoms with Gasteiger partial charge in [0.05, 0.1) is 16.7 Å². The van der Waals surface area contributed by atoms with E-state index in [0.717, 1.165) is 23.1 Å². The molecule has 0 amide bonds. The van der Waals surface area contributed by atoms with Crippen LogP contribution in [0.25, 0.3) is 0 Å². The minimum Gasteiger partial charge on any atom is -0.383 e. The van der Waals surface area contributed by atoms with E-state index in [1.807, 2.05) is 4.68 Å². The summed E-state index contributed by atoms with van der Waals surface area (Å²) in [5.74, 6) is 1.45. The molecule has 0 bridgehead atoms. The molecule has 0 atom stereocenters. The lowest BCUT2D eigenvalue weighted by Gasteiger charge is -2.29. The van der Waals surface area contributed by atoms with Gasteiger partial charge in [-0.1, -0.05) is 30.3 Å². The van der Waals surface area contributed by atoms with Crippen molar-refractivity contribution in [3.8, 4) is 0 Å². The van der Waals surface area contributed by atoms with Gasteiger partial charge in [0.1, 0.15) is 5.82 Å². The van der Waals surface area contributed by atoms with Crippen molar-refractivity contribution >= 4 is 21.7 Å². The molecule has 0 radical (unpaired) electrons. The third kappa shape index (κ3) is 2.54. The molecule has 2 N–H and O–H groups in total. The molecule has 1 aliphatic rings. The number of hydrogen-bond donors (Lipinski definition) is 1. The van der Waals surface area contributed by atoms with Gasteiger partial charge < -0.3 is 5.73 Å². The van der Waals surface area contributed by atoms with E-state index >= 15 is 0 Å². The topological polar surface area (TPSA) is 43.8 Å². The molecule has 0 spiro atoms. The fraction of sp³-hybridized carbons (Fsp3) is 0.400. The van der Waals surface area contributed by atoms with E-state index in [4.69, 9.17) is 5.73 Å². The van der Waals surface area contributed by atoms with Crippen molar-refractivity contribution in [2.45, 2.75) is 37.6 Å². The second-order valence-electron chi connectivity index (χ2n) is 5.24. The summed E-state index contributed by atoms with van der Waals surface area (Å²) >= 11 is 3.42. The Kier molecular flexibility index (Phi) is 3.60. The van der Waals surface area contributed by atoms with Gasteiger partial charge in [-0.2, -0.15) is 5.10 Å². The molecule has 1 aliphatic carbocycles. The lowest BCUT2D eigenvalue weighted by Crippen LogP contribution is -2.19. The average Bonchev–Trinajstić information content (AvgIpc) is 2.80. The second-order valence-corrected chi connectivity index (χ2v) is 6.09. The number of anilines is 1. The Morgan fingerprint density at radius 1 is 1.11 bits per heavy atom. The number of nitrogens with zero attached hydrogens (tertiary/aromatic N) is 2. The summed E-state index contributed by atoms with van der Waals surface area (Å²) < 4.78 is 2.88. The van der Waals surface area contributed by atoms with E-state index in [-0.39, 0.29) is 0 Å². The Labute approximate surface area is 121 Å². The SMILES string of the molecule is Nc1c(Br)cnn1C1CCC(c2ccccc2)CC1. The van der Waals surface area contributed by atoms with Gasteiger partial charge in [-0.3, -0.25) is 0 Å². The van der Waals surface area contributed by atoms with Gasteiger partial charge in [0.25, 0.3) is 0 Å². The number of rotatable bonds is 2. The molecule has 0 unspecified atom stereocenters. The van der Waals surface area contributed by atoms with Crippen molar-refractivity contribution in [2.75, 3.05) is 5.73 Å². The fourth-order valence-corrected chi connectivity index (χ4v) is 3.29. The molecule has 2 aromatic rings. The van der Waals surface area contributed by atoms with Crippen molar-refractivity contribution in [2.24, 2.45) is 0 Å². The van der Waals surface area contributed by atoms with Gasteiger partial charge in [0.15, 0.2) is 0 Å². The van der Waals surface area contributed by atoms with Gasteiger partial charge in [-0.05, 0) is 53.1 Å². The third-order valence-corrected chi connectivity index (χ3v) is 4.71. The van der Waals surface area contributed by atoms with Gasteiger partial charge >= 0.3 is 0 Å². The van der Waals surface area contributed by atoms with Crippen LogP contribution in [-0.2, 0) is 0 Å². The largest absolute Gasteiger partial charge is 0.383 e. The van der Waals surface area contributed by atoms with Gasteiger partial charge in [0, 0.05) is 0 Å². The second kappa shape index (κ2) is 5.37. The average molecular weight is 320 g/mol. The summed E-state index contributed by atoms with van der Waals surface area (Å²) in [5, 5.41) is 4.38. The summed E-state index contributed by atoms with van der Waals surface area (Å²) in [6.07, 6.45) is 6.52. The molecule has 100 valence electrons. The van der Waals surface area contributed by atoms with E-state index in [2.05, 4.69) is 51.4 Å². The number of hydrogen-bond acceptors (Lipinski definition) is 2. The molecule has 3 rings (SSSR count). The Balaban J connectivity index is 1.68. The Morgan fingerprint density at radius 2 is 1.79 bits per heavy atom. The summed E-state index contributed by atoms with van der Waals surface area (Å²) in [6.45, 7) is 0. The van der Waals surface area contributed by atoms with Crippen LogP contribution in [0.3, 0.4) is 0 Å². The molecule has 1 aromatic carbocycles. The van der Waals surface area contributed by atoms with Crippen molar-refractivity contribution in [1.82, 2.24) is 9.78 Å². The van der Waals surface area contributed by atoms with Gasteiger partial charge in [0.2, 0.25) is 0 Å². The minimum absolute atomic E-state index is 0.450. The van der Waals surface area contributed by atoms with Crippen LogP contribution in [0.4, 0.5) is 5.82 Å². The van der Waals surface area contributed by atoms with Crippen molar-refractivity contribution in [3.05, 3.63) is 46.6 Å². The monoisotopic (exact) mass is 319 g/mol. The predicted molar refractivity (Wildman–Crippen MR) is 81.0 cm³/mol. The van der Waals surface area contributed by atoms with E-state index in [1.54, 1.807) is 6.20 Å². The lowest BCUT2D eigenvalue weighted by atomic mass is 9.82. The molecule has 0 saturated heterocycles. The first-order chi connectivity index (χ1) is 9.25. The summed E-state index contributed by atoms with van der Waals surface area (Å²) in [4.78, 5) is 0. The molecule has 1 aromatic heterocycles. The van der Waals surface area contributed by atoms with Gasteiger partial charge in [-0.25, -0.2) is 4.68 Å². The van der Waals surface area contributed by atoms with Crippen LogP contribution in [0.15, 0.2) is 41.0 Å². The number of nitrogen functional groups attached to an aromatic ring is 1. The van der Waals surface area contributed by atoms with Crippen LogP contribution in [-0.4, -0.2) is 9.78 Å². The summed E-state index contributed by atoms with van der Waals surface area (Å²) in [7, 11) is 0. The number of halogens is 1. The maximum absolute atomic E-state index is 6.03. The summed E-state index contributed by atoms with van der Waals surface area (Å²) in [6, 6.07) is 11.3. The molecular weight excluding hydrogens is 302 g/mol. The van der Waals surface area contributed by atoms with Crippen LogP contribution < -0.4 is 5.73 Å². The van der Waals surface area contributed by atoms with E-state index in [0.29, 0.717) is 12.0 Å². The minimum atomic E-state index is 0.450. The smallest absolute Gasteiger partial charge is 0.136 e. The first-order valence-corrected chi connectivity index (χ1v) is 7.58. The quantitative estimate of drug-likeness (QED) is 0.904. The Hall–Kier alpha value is -1.29. The Morgan fingerprint density at radius 3 is 2.37 bits per heavy atom. The standard InChI is InChI=1S/C15H18BrN3/c16-14-10-18-19(15(14)17)13-8-6-12(7-9-13)11-4-2-1-3-5-11/h1-5,10,12-13H,6-9,17H2. The number of nitrogens with two attached hydrogens (primary N) is 1. The van der Waals surface area contributed by atoms with Gasteiger partial charge in [-0.15, -0.1) is 0 Å². The molecule has 0 aliphatic heterocycles. The van der Waals surface area contributed by atoms with Crippen LogP contribution >= 0.6 is 15.9 Å². The summed E-state index contributed by atoms with van der Waals surface area (Å²) in [5.41, 5.74) is 7.50. The molecule has 19 heavy (non-hydrogen) atoms. The molecular formula is C15H18BrN3. The molecule has 4 heteroatoms. The van der Waals surface area contributed by atoms with Crippen LogP contribution in [0.2, 0.25) is 0 Å².